The van der Waals surface area contributed by atoms with Crippen molar-refractivity contribution in [1.82, 2.24) is 0 Å². The predicted octanol–water partition coefficient (Wildman–Crippen LogP) is 1.52. The Balaban J connectivity index is 2.37. The Labute approximate surface area is 117 Å². The van der Waals surface area contributed by atoms with Crippen molar-refractivity contribution in [2.45, 2.75) is 19.1 Å². The predicted molar refractivity (Wildman–Crippen MR) is 72.9 cm³/mol. The number of hydrogen-bond acceptors (Lipinski definition) is 5. The number of rotatable bonds is 8. The van der Waals surface area contributed by atoms with Gasteiger partial charge in [0.05, 0.1) is 31.0 Å². The summed E-state index contributed by atoms with van der Waals surface area (Å²) in [5.74, 6) is -0.560. The third-order valence-corrected chi connectivity index (χ3v) is 2.60. The number of benzene rings is 1. The van der Waals surface area contributed by atoms with Crippen LogP contribution in [0.4, 0.5) is 10.1 Å². The molecule has 1 aromatic carbocycles. The lowest BCUT2D eigenvalue weighted by atomic mass is 10.2. The molecule has 0 saturated heterocycles. The highest BCUT2D eigenvalue weighted by atomic mass is 19.1. The lowest BCUT2D eigenvalue weighted by Gasteiger charge is -2.16. The molecule has 0 amide bonds. The molecule has 0 aromatic heterocycles. The molecule has 0 aliphatic heterocycles. The minimum atomic E-state index is -0.704. The van der Waals surface area contributed by atoms with Crippen LogP contribution in [0.3, 0.4) is 0 Å². The number of ether oxygens (including phenoxy) is 2. The van der Waals surface area contributed by atoms with Crippen molar-refractivity contribution in [3.05, 3.63) is 29.6 Å². The molecular formula is C14H19FN2O3. The third-order valence-electron chi connectivity index (χ3n) is 2.60. The Bertz CT molecular complexity index is 462. The van der Waals surface area contributed by atoms with E-state index < -0.39 is 11.9 Å². The van der Waals surface area contributed by atoms with E-state index >= 15 is 0 Å². The van der Waals surface area contributed by atoms with Gasteiger partial charge < -0.3 is 19.9 Å². The van der Waals surface area contributed by atoms with Crippen molar-refractivity contribution in [2.75, 3.05) is 32.2 Å². The van der Waals surface area contributed by atoms with Gasteiger partial charge in [-0.1, -0.05) is 0 Å². The van der Waals surface area contributed by atoms with Gasteiger partial charge in [0.1, 0.15) is 11.9 Å². The van der Waals surface area contributed by atoms with Crippen LogP contribution in [0.2, 0.25) is 0 Å². The first-order valence-electron chi connectivity index (χ1n) is 6.29. The van der Waals surface area contributed by atoms with Crippen molar-refractivity contribution in [1.29, 1.82) is 5.26 Å². The van der Waals surface area contributed by atoms with E-state index in [4.69, 9.17) is 14.7 Å². The summed E-state index contributed by atoms with van der Waals surface area (Å²) < 4.78 is 23.4. The zero-order valence-corrected chi connectivity index (χ0v) is 11.6. The van der Waals surface area contributed by atoms with Crippen LogP contribution in [-0.2, 0) is 9.47 Å². The minimum absolute atomic E-state index is 0.0329. The van der Waals surface area contributed by atoms with Crippen LogP contribution in [0.15, 0.2) is 18.2 Å². The zero-order chi connectivity index (χ0) is 15.0. The number of nitrogens with one attached hydrogen (secondary N) is 1. The first kappa shape index (κ1) is 16.4. The van der Waals surface area contributed by atoms with E-state index in [0.29, 0.717) is 12.3 Å². The van der Waals surface area contributed by atoms with Crippen molar-refractivity contribution in [3.63, 3.8) is 0 Å². The van der Waals surface area contributed by atoms with Crippen LogP contribution in [0.25, 0.3) is 0 Å². The van der Waals surface area contributed by atoms with Crippen molar-refractivity contribution >= 4 is 5.69 Å². The summed E-state index contributed by atoms with van der Waals surface area (Å²) in [5.41, 5.74) is 0.543. The fourth-order valence-corrected chi connectivity index (χ4v) is 1.57. The van der Waals surface area contributed by atoms with Crippen molar-refractivity contribution in [2.24, 2.45) is 0 Å². The van der Waals surface area contributed by atoms with Crippen LogP contribution in [0.1, 0.15) is 12.5 Å². The fraction of sp³-hybridized carbons (Fsp3) is 0.500. The number of hydrogen-bond donors (Lipinski definition) is 2. The number of nitrogens with zero attached hydrogens (tertiary/aromatic N) is 1. The van der Waals surface area contributed by atoms with Gasteiger partial charge in [0.15, 0.2) is 0 Å². The van der Waals surface area contributed by atoms with Crippen LogP contribution < -0.4 is 5.32 Å². The molecule has 0 saturated carbocycles. The van der Waals surface area contributed by atoms with Gasteiger partial charge in [0.2, 0.25) is 0 Å². The summed E-state index contributed by atoms with van der Waals surface area (Å²) in [6.45, 7) is 2.73. The topological polar surface area (TPSA) is 74.5 Å². The first-order valence-corrected chi connectivity index (χ1v) is 6.29. The molecule has 5 nitrogen and oxygen atoms in total. The van der Waals surface area contributed by atoms with E-state index in [2.05, 4.69) is 5.32 Å². The summed E-state index contributed by atoms with van der Waals surface area (Å²) in [6.07, 6.45) is -0.796. The maximum atomic E-state index is 13.1. The largest absolute Gasteiger partial charge is 0.389 e. The maximum Gasteiger partial charge on any atom is 0.141 e. The molecule has 1 rings (SSSR count). The molecule has 6 heteroatoms. The Morgan fingerprint density at radius 2 is 2.20 bits per heavy atom. The molecule has 0 fully saturated rings. The van der Waals surface area contributed by atoms with E-state index in [-0.39, 0.29) is 24.8 Å². The summed E-state index contributed by atoms with van der Waals surface area (Å²) in [6, 6.07) is 5.88. The first-order chi connectivity index (χ1) is 9.56. The van der Waals surface area contributed by atoms with Crippen LogP contribution in [-0.4, -0.2) is 44.2 Å². The average Bonchev–Trinajstić information content (AvgIpc) is 2.44. The number of anilines is 1. The molecule has 110 valence electrons. The Morgan fingerprint density at radius 1 is 1.45 bits per heavy atom. The molecular weight excluding hydrogens is 263 g/mol. The maximum absolute atomic E-state index is 13.1. The van der Waals surface area contributed by atoms with Gasteiger partial charge in [-0.15, -0.1) is 0 Å². The third kappa shape index (κ3) is 5.53. The molecule has 1 aromatic rings. The SMILES string of the molecule is COCC(C)OCC(O)CNc1ccc(F)c(C#N)c1. The molecule has 0 heterocycles. The summed E-state index contributed by atoms with van der Waals surface area (Å²) in [4.78, 5) is 0. The zero-order valence-electron chi connectivity index (χ0n) is 11.6. The second kappa shape index (κ2) is 8.48. The molecule has 0 aliphatic carbocycles. The normalized spacial score (nSPS) is 13.6. The van der Waals surface area contributed by atoms with Gasteiger partial charge >= 0.3 is 0 Å². The van der Waals surface area contributed by atoms with Gasteiger partial charge in [0, 0.05) is 19.3 Å². The number of halogens is 1. The van der Waals surface area contributed by atoms with Gasteiger partial charge in [-0.3, -0.25) is 0 Å². The Kier molecular flexibility index (Phi) is 6.94. The summed E-state index contributed by atoms with van der Waals surface area (Å²) in [5, 5.41) is 21.4. The quantitative estimate of drug-likeness (QED) is 0.756. The summed E-state index contributed by atoms with van der Waals surface area (Å²) >= 11 is 0. The lowest BCUT2D eigenvalue weighted by molar-refractivity contribution is -0.0282. The Morgan fingerprint density at radius 3 is 2.85 bits per heavy atom. The molecule has 2 unspecified atom stereocenters. The van der Waals surface area contributed by atoms with Crippen molar-refractivity contribution in [3.8, 4) is 6.07 Å². The van der Waals surface area contributed by atoms with Gasteiger partial charge in [-0.05, 0) is 25.1 Å². The van der Waals surface area contributed by atoms with Crippen LogP contribution in [0, 0.1) is 17.1 Å². The van der Waals surface area contributed by atoms with Gasteiger partial charge in [-0.25, -0.2) is 4.39 Å². The average molecular weight is 282 g/mol. The van der Waals surface area contributed by atoms with Crippen LogP contribution in [0.5, 0.6) is 0 Å². The lowest BCUT2D eigenvalue weighted by Crippen LogP contribution is -2.28. The molecule has 0 radical (unpaired) electrons. The molecule has 0 bridgehead atoms. The highest BCUT2D eigenvalue weighted by molar-refractivity contribution is 5.49. The van der Waals surface area contributed by atoms with E-state index in [9.17, 15) is 9.50 Å². The van der Waals surface area contributed by atoms with Gasteiger partial charge in [-0.2, -0.15) is 5.26 Å². The number of aliphatic hydroxyl groups is 1. The summed E-state index contributed by atoms with van der Waals surface area (Å²) in [7, 11) is 1.58. The van der Waals surface area contributed by atoms with E-state index in [1.54, 1.807) is 13.2 Å². The van der Waals surface area contributed by atoms with E-state index in [0.717, 1.165) is 0 Å². The molecule has 2 N–H and O–H groups in total. The standard InChI is InChI=1S/C14H19FN2O3/c1-10(8-19-2)20-9-13(18)7-17-12-3-4-14(15)11(5-12)6-16/h3-5,10,13,17-18H,7-9H2,1-2H3. The second-order valence-electron chi connectivity index (χ2n) is 4.44. The number of nitriles is 1. The smallest absolute Gasteiger partial charge is 0.141 e. The fourth-order valence-electron chi connectivity index (χ4n) is 1.57. The molecule has 2 atom stereocenters. The molecule has 0 spiro atoms. The van der Waals surface area contributed by atoms with Gasteiger partial charge in [0.25, 0.3) is 0 Å². The van der Waals surface area contributed by atoms with E-state index in [1.807, 2.05) is 6.92 Å². The monoisotopic (exact) mass is 282 g/mol. The number of aliphatic hydroxyl groups excluding tert-OH is 1. The molecule has 20 heavy (non-hydrogen) atoms. The second-order valence-corrected chi connectivity index (χ2v) is 4.44. The van der Waals surface area contributed by atoms with Crippen LogP contribution >= 0.6 is 0 Å². The molecule has 0 aliphatic rings. The highest BCUT2D eigenvalue weighted by Crippen LogP contribution is 2.13. The van der Waals surface area contributed by atoms with E-state index in [1.165, 1.54) is 18.2 Å². The highest BCUT2D eigenvalue weighted by Gasteiger charge is 2.09. The minimum Gasteiger partial charge on any atom is -0.389 e. The van der Waals surface area contributed by atoms with Crippen molar-refractivity contribution < 1.29 is 19.0 Å². The Hall–Kier alpha value is -1.68. The number of methoxy groups -OCH3 is 1.